The maximum atomic E-state index is 13.6. The van der Waals surface area contributed by atoms with E-state index in [2.05, 4.69) is 10.6 Å². The summed E-state index contributed by atoms with van der Waals surface area (Å²) >= 11 is 2.59. The first-order valence-electron chi connectivity index (χ1n) is 16.6. The van der Waals surface area contributed by atoms with Crippen molar-refractivity contribution in [1.29, 1.82) is 0 Å². The molecule has 1 unspecified atom stereocenters. The number of thioether (sulfide) groups is 2. The van der Waals surface area contributed by atoms with Crippen LogP contribution < -0.4 is 10.6 Å². The summed E-state index contributed by atoms with van der Waals surface area (Å²) < 4.78 is 19.2. The van der Waals surface area contributed by atoms with Crippen LogP contribution in [0.3, 0.4) is 0 Å². The van der Waals surface area contributed by atoms with E-state index in [1.165, 1.54) is 64.5 Å². The third-order valence-corrected chi connectivity index (χ3v) is 12.4. The fourth-order valence-electron chi connectivity index (χ4n) is 6.72. The molecular formula is C35H38N4O12S2. The van der Waals surface area contributed by atoms with Crippen LogP contribution in [0.1, 0.15) is 51.3 Å². The molecule has 2 aromatic carbocycles. The maximum Gasteiger partial charge on any atom is 0.408 e. The fourth-order valence-corrected chi connectivity index (χ4v) is 10.0. The minimum Gasteiger partial charge on any atom is -0.508 e. The van der Waals surface area contributed by atoms with E-state index in [9.17, 15) is 38.7 Å². The summed E-state index contributed by atoms with van der Waals surface area (Å²) in [7, 11) is 0. The molecule has 0 aliphatic carbocycles. The van der Waals surface area contributed by atoms with Crippen LogP contribution >= 0.6 is 23.5 Å². The van der Waals surface area contributed by atoms with E-state index in [-0.39, 0.29) is 36.7 Å². The van der Waals surface area contributed by atoms with Gasteiger partial charge in [-0.05, 0) is 44.0 Å². The number of benzene rings is 2. The number of esters is 3. The quantitative estimate of drug-likeness (QED) is 0.122. The lowest BCUT2D eigenvalue weighted by molar-refractivity contribution is -0.182. The predicted molar refractivity (Wildman–Crippen MR) is 187 cm³/mol. The Hall–Kier alpha value is -4.97. The highest BCUT2D eigenvalue weighted by molar-refractivity contribution is 8.02. The van der Waals surface area contributed by atoms with Crippen LogP contribution in [0, 0.1) is 0 Å². The second kappa shape index (κ2) is 14.8. The van der Waals surface area contributed by atoms with Crippen LogP contribution in [0.2, 0.25) is 0 Å². The second-order valence-electron chi connectivity index (χ2n) is 13.6. The molecule has 4 fully saturated rings. The molecule has 4 amide bonds. The summed E-state index contributed by atoms with van der Waals surface area (Å²) in [5.74, 6) is -3.83. The van der Waals surface area contributed by atoms with Gasteiger partial charge >= 0.3 is 24.0 Å². The van der Waals surface area contributed by atoms with E-state index < -0.39 is 81.6 Å². The van der Waals surface area contributed by atoms with Gasteiger partial charge in [-0.3, -0.25) is 19.2 Å². The Morgan fingerprint density at radius 3 is 2.19 bits per heavy atom. The van der Waals surface area contributed by atoms with E-state index in [0.29, 0.717) is 5.56 Å². The van der Waals surface area contributed by atoms with Crippen molar-refractivity contribution in [3.05, 3.63) is 65.7 Å². The minimum absolute atomic E-state index is 0.0507. The van der Waals surface area contributed by atoms with Gasteiger partial charge in [-0.1, -0.05) is 42.5 Å². The van der Waals surface area contributed by atoms with Crippen LogP contribution in [0.4, 0.5) is 4.79 Å². The normalized spacial score (nSPS) is 26.9. The van der Waals surface area contributed by atoms with Gasteiger partial charge < -0.3 is 44.5 Å². The van der Waals surface area contributed by atoms with E-state index in [4.69, 9.17) is 18.9 Å². The molecule has 0 radical (unpaired) electrons. The molecule has 2 aromatic rings. The number of β-lactam (4-membered cyclic amide) rings is 2. The summed E-state index contributed by atoms with van der Waals surface area (Å²) in [5, 5.41) is 14.1. The third-order valence-electron chi connectivity index (χ3n) is 9.32. The molecule has 3 N–H and O–H groups in total. The van der Waals surface area contributed by atoms with Crippen molar-refractivity contribution < 1.29 is 57.6 Å². The Morgan fingerprint density at radius 1 is 0.887 bits per heavy atom. The van der Waals surface area contributed by atoms with Crippen LogP contribution in [0.5, 0.6) is 5.75 Å². The SMILES string of the molecule is CC(=O)OC[C@]1(C)S[C@H]2CC(=O)N2[C@H]1C(=O)OCOC(=O)[C@@H]1N2C(=O)[C@@H](NC(=O)C(NC(=O)OCc3ccccc3)c3ccc(O)cc3)[C@H]2SC1(C)C. The molecule has 18 heteroatoms. The van der Waals surface area contributed by atoms with Crippen LogP contribution in [-0.2, 0) is 54.3 Å². The number of ether oxygens (including phenoxy) is 4. The van der Waals surface area contributed by atoms with Gasteiger partial charge in [0.05, 0.1) is 16.5 Å². The van der Waals surface area contributed by atoms with Crippen LogP contribution in [0.25, 0.3) is 0 Å². The lowest BCUT2D eigenvalue weighted by Gasteiger charge is -2.44. The van der Waals surface area contributed by atoms with Gasteiger partial charge in [-0.25, -0.2) is 14.4 Å². The largest absolute Gasteiger partial charge is 0.508 e. The molecule has 4 aliphatic rings. The number of phenols is 1. The van der Waals surface area contributed by atoms with Crippen molar-refractivity contribution in [3.8, 4) is 5.75 Å². The molecule has 0 bridgehead atoms. The van der Waals surface area contributed by atoms with Crippen molar-refractivity contribution in [3.63, 3.8) is 0 Å². The summed E-state index contributed by atoms with van der Waals surface area (Å²) in [4.78, 5) is 93.0. The van der Waals surface area contributed by atoms with E-state index >= 15 is 0 Å². The van der Waals surface area contributed by atoms with Crippen molar-refractivity contribution in [2.24, 2.45) is 0 Å². The second-order valence-corrected chi connectivity index (χ2v) is 17.1. The molecule has 16 nitrogen and oxygen atoms in total. The fraction of sp³-hybridized carbons (Fsp3) is 0.457. The third kappa shape index (κ3) is 7.60. The topological polar surface area (TPSA) is 207 Å². The number of fused-ring (bicyclic) bond motifs is 2. The lowest BCUT2D eigenvalue weighted by Crippen LogP contribution is -2.71. The molecular weight excluding hydrogens is 733 g/mol. The zero-order valence-electron chi connectivity index (χ0n) is 29.1. The number of carbonyl (C=O) groups is 7. The molecule has 6 rings (SSSR count). The zero-order chi connectivity index (χ0) is 38.2. The van der Waals surface area contributed by atoms with E-state index in [0.717, 1.165) is 5.56 Å². The lowest BCUT2D eigenvalue weighted by atomic mass is 9.95. The first kappa shape index (κ1) is 37.8. The molecule has 53 heavy (non-hydrogen) atoms. The number of amides is 4. The predicted octanol–water partition coefficient (Wildman–Crippen LogP) is 1.95. The number of rotatable bonds is 12. The molecule has 4 heterocycles. The highest BCUT2D eigenvalue weighted by atomic mass is 32.2. The van der Waals surface area contributed by atoms with Gasteiger partial charge in [0.25, 0.3) is 0 Å². The standard InChI is InChI=1S/C35H38N4O12S2/c1-18(40)49-16-35(4)27(38-22(42)14-23(38)52-35)32(46)51-17-50-31(45)26-34(2,3)53-30-25(29(44)39(26)30)36-28(43)24(20-10-12-21(41)13-11-20)37-33(47)48-15-19-8-6-5-7-9-19/h5-13,23-27,30,41H,14-17H2,1-4H3,(H,36,43)(H,37,47)/t23-,24?,25+,26-,27-,30+,35-/m0/s1. The number of alkyl carbamates (subject to hydrolysis) is 1. The maximum absolute atomic E-state index is 13.6. The van der Waals surface area contributed by atoms with Gasteiger partial charge in [-0.2, -0.15) is 0 Å². The molecule has 0 spiro atoms. The van der Waals surface area contributed by atoms with Gasteiger partial charge in [0.2, 0.25) is 24.5 Å². The number of nitrogens with zero attached hydrogens (tertiary/aromatic N) is 2. The Balaban J connectivity index is 1.07. The number of hydrogen-bond donors (Lipinski definition) is 3. The Bertz CT molecular complexity index is 1810. The van der Waals surface area contributed by atoms with E-state index in [1.54, 1.807) is 45.0 Å². The molecule has 0 saturated carbocycles. The molecule has 4 aliphatic heterocycles. The number of phenolic OH excluding ortho intramolecular Hbond substituents is 1. The first-order chi connectivity index (χ1) is 25.1. The molecule has 282 valence electrons. The monoisotopic (exact) mass is 770 g/mol. The Labute approximate surface area is 312 Å². The number of hydrogen-bond acceptors (Lipinski definition) is 14. The van der Waals surface area contributed by atoms with E-state index in [1.807, 2.05) is 6.07 Å². The van der Waals surface area contributed by atoms with Gasteiger partial charge in [0, 0.05) is 11.7 Å². The summed E-state index contributed by atoms with van der Waals surface area (Å²) in [6, 6.07) is 9.99. The minimum atomic E-state index is -1.30. The van der Waals surface area contributed by atoms with Gasteiger partial charge in [0.15, 0.2) is 0 Å². The molecule has 0 aromatic heterocycles. The van der Waals surface area contributed by atoms with Crippen LogP contribution in [-0.4, -0.2) is 108 Å². The number of nitrogens with one attached hydrogen (secondary N) is 2. The van der Waals surface area contributed by atoms with Crippen molar-refractivity contribution >= 4 is 65.2 Å². The van der Waals surface area contributed by atoms with Crippen molar-refractivity contribution in [2.45, 2.75) is 85.1 Å². The van der Waals surface area contributed by atoms with Gasteiger partial charge in [0.1, 0.15) is 48.5 Å². The molecule has 4 saturated heterocycles. The van der Waals surface area contributed by atoms with Crippen molar-refractivity contribution in [2.75, 3.05) is 13.4 Å². The Kier molecular flexibility index (Phi) is 10.6. The highest BCUT2D eigenvalue weighted by Gasteiger charge is 2.65. The van der Waals surface area contributed by atoms with Crippen molar-refractivity contribution in [1.82, 2.24) is 20.4 Å². The summed E-state index contributed by atoms with van der Waals surface area (Å²) in [6.45, 7) is 5.41. The average Bonchev–Trinajstić information content (AvgIpc) is 3.52. The number of aromatic hydroxyl groups is 1. The summed E-state index contributed by atoms with van der Waals surface area (Å²) in [5.41, 5.74) is 1.04. The Morgan fingerprint density at radius 2 is 1.55 bits per heavy atom. The summed E-state index contributed by atoms with van der Waals surface area (Å²) in [6.07, 6.45) is -0.657. The molecule has 7 atom stereocenters. The smallest absolute Gasteiger partial charge is 0.408 e. The van der Waals surface area contributed by atoms with Crippen LogP contribution in [0.15, 0.2) is 54.6 Å². The number of carbonyl (C=O) groups excluding carboxylic acids is 7. The first-order valence-corrected chi connectivity index (χ1v) is 18.4. The average molecular weight is 771 g/mol. The van der Waals surface area contributed by atoms with Gasteiger partial charge in [-0.15, -0.1) is 23.5 Å². The zero-order valence-corrected chi connectivity index (χ0v) is 30.8. The highest BCUT2D eigenvalue weighted by Crippen LogP contribution is 2.52.